The molecule has 3 aromatic rings. The summed E-state index contributed by atoms with van der Waals surface area (Å²) < 4.78 is 1.81. The Balaban J connectivity index is 1.26. The molecule has 0 bridgehead atoms. The van der Waals surface area contributed by atoms with Gasteiger partial charge in [-0.1, -0.05) is 18.2 Å². The van der Waals surface area contributed by atoms with Crippen LogP contribution in [-0.2, 0) is 16.0 Å². The van der Waals surface area contributed by atoms with Crippen molar-refractivity contribution in [3.05, 3.63) is 72.6 Å². The molecule has 28 heavy (non-hydrogen) atoms. The quantitative estimate of drug-likeness (QED) is 0.661. The third-order valence-electron chi connectivity index (χ3n) is 4.68. The molecule has 0 saturated heterocycles. The Labute approximate surface area is 163 Å². The van der Waals surface area contributed by atoms with E-state index in [2.05, 4.69) is 15.7 Å². The minimum Gasteiger partial charge on any atom is -0.326 e. The van der Waals surface area contributed by atoms with Gasteiger partial charge in [-0.3, -0.25) is 9.59 Å². The van der Waals surface area contributed by atoms with Crippen LogP contribution in [0.25, 0.3) is 5.69 Å². The summed E-state index contributed by atoms with van der Waals surface area (Å²) in [6, 6.07) is 17.1. The molecule has 1 aliphatic carbocycles. The normalized spacial score (nSPS) is 13.1. The number of carbonyl (C=O) groups is 2. The van der Waals surface area contributed by atoms with Gasteiger partial charge in [-0.2, -0.15) is 5.10 Å². The van der Waals surface area contributed by atoms with Gasteiger partial charge in [-0.25, -0.2) is 4.68 Å². The summed E-state index contributed by atoms with van der Waals surface area (Å²) in [6.07, 6.45) is 6.68. The van der Waals surface area contributed by atoms with Crippen molar-refractivity contribution < 1.29 is 9.59 Å². The van der Waals surface area contributed by atoms with Crippen LogP contribution in [0.3, 0.4) is 0 Å². The van der Waals surface area contributed by atoms with Crippen molar-refractivity contribution in [3.63, 3.8) is 0 Å². The number of aromatic nitrogens is 2. The van der Waals surface area contributed by atoms with Gasteiger partial charge in [0.15, 0.2) is 0 Å². The first kappa shape index (κ1) is 18.0. The first-order chi connectivity index (χ1) is 13.7. The number of hydrogen-bond donors (Lipinski definition) is 2. The van der Waals surface area contributed by atoms with Crippen molar-refractivity contribution in [2.45, 2.75) is 25.7 Å². The first-order valence-corrected chi connectivity index (χ1v) is 9.47. The second-order valence-corrected chi connectivity index (χ2v) is 7.02. The van der Waals surface area contributed by atoms with E-state index in [1.165, 1.54) is 0 Å². The van der Waals surface area contributed by atoms with E-state index in [9.17, 15) is 9.59 Å². The maximum atomic E-state index is 12.2. The Hall–Kier alpha value is -3.41. The van der Waals surface area contributed by atoms with Gasteiger partial charge in [0.2, 0.25) is 11.8 Å². The molecule has 1 aromatic heterocycles. The average molecular weight is 374 g/mol. The van der Waals surface area contributed by atoms with Gasteiger partial charge < -0.3 is 10.6 Å². The van der Waals surface area contributed by atoms with Crippen molar-refractivity contribution in [1.29, 1.82) is 0 Å². The van der Waals surface area contributed by atoms with Gasteiger partial charge in [0.05, 0.1) is 11.9 Å². The molecule has 0 radical (unpaired) electrons. The number of nitrogens with one attached hydrogen (secondary N) is 2. The van der Waals surface area contributed by atoms with Crippen LogP contribution >= 0.6 is 0 Å². The van der Waals surface area contributed by atoms with Gasteiger partial charge >= 0.3 is 0 Å². The molecule has 6 heteroatoms. The summed E-state index contributed by atoms with van der Waals surface area (Å²) >= 11 is 0. The number of aryl methyl sites for hydroxylation is 1. The van der Waals surface area contributed by atoms with Crippen LogP contribution in [0.15, 0.2) is 67.0 Å². The molecule has 1 heterocycles. The van der Waals surface area contributed by atoms with Crippen LogP contribution in [0.5, 0.6) is 0 Å². The Kier molecular flexibility index (Phi) is 5.19. The number of rotatable bonds is 7. The Morgan fingerprint density at radius 1 is 0.964 bits per heavy atom. The van der Waals surface area contributed by atoms with E-state index in [0.717, 1.165) is 35.5 Å². The second kappa shape index (κ2) is 8.08. The lowest BCUT2D eigenvalue weighted by Gasteiger charge is -2.07. The van der Waals surface area contributed by atoms with E-state index >= 15 is 0 Å². The smallest absolute Gasteiger partial charge is 0.227 e. The summed E-state index contributed by atoms with van der Waals surface area (Å²) in [7, 11) is 0. The highest BCUT2D eigenvalue weighted by Gasteiger charge is 2.29. The number of amides is 2. The zero-order chi connectivity index (χ0) is 19.3. The molecule has 0 aliphatic heterocycles. The summed E-state index contributed by atoms with van der Waals surface area (Å²) in [4.78, 5) is 24.0. The van der Waals surface area contributed by atoms with Gasteiger partial charge in [0.25, 0.3) is 0 Å². The lowest BCUT2D eigenvalue weighted by atomic mass is 10.2. The highest BCUT2D eigenvalue weighted by atomic mass is 16.2. The lowest BCUT2D eigenvalue weighted by Crippen LogP contribution is -2.14. The van der Waals surface area contributed by atoms with Crippen molar-refractivity contribution >= 4 is 23.2 Å². The molecule has 2 aromatic carbocycles. The van der Waals surface area contributed by atoms with Crippen LogP contribution in [0.1, 0.15) is 24.8 Å². The van der Waals surface area contributed by atoms with Gasteiger partial charge in [0, 0.05) is 29.9 Å². The van der Waals surface area contributed by atoms with E-state index < -0.39 is 0 Å². The van der Waals surface area contributed by atoms with Crippen LogP contribution in [0.2, 0.25) is 0 Å². The maximum Gasteiger partial charge on any atom is 0.227 e. The standard InChI is InChI=1S/C22H22N4O2/c27-21(13-6-16-14-23-26(15-16)20-4-2-1-3-5-20)24-18-9-11-19(12-10-18)25-22(28)17-7-8-17/h1-5,9-12,14-15,17H,6-8,13H2,(H,24,27)(H,25,28). The van der Waals surface area contributed by atoms with Crippen LogP contribution < -0.4 is 10.6 Å². The first-order valence-electron chi connectivity index (χ1n) is 9.47. The highest BCUT2D eigenvalue weighted by Crippen LogP contribution is 2.30. The minimum atomic E-state index is -0.0535. The van der Waals surface area contributed by atoms with E-state index in [0.29, 0.717) is 12.8 Å². The SMILES string of the molecule is O=C(CCc1cnn(-c2ccccc2)c1)Nc1ccc(NC(=O)C2CC2)cc1. The monoisotopic (exact) mass is 374 g/mol. The fourth-order valence-corrected chi connectivity index (χ4v) is 2.92. The Bertz CT molecular complexity index is 960. The predicted octanol–water partition coefficient (Wildman–Crippen LogP) is 3.79. The third-order valence-corrected chi connectivity index (χ3v) is 4.68. The minimum absolute atomic E-state index is 0.0535. The summed E-state index contributed by atoms with van der Waals surface area (Å²) in [5.41, 5.74) is 3.47. The molecule has 0 unspecified atom stereocenters. The zero-order valence-corrected chi connectivity index (χ0v) is 15.5. The van der Waals surface area contributed by atoms with E-state index in [4.69, 9.17) is 0 Å². The molecule has 0 spiro atoms. The van der Waals surface area contributed by atoms with Crippen molar-refractivity contribution in [3.8, 4) is 5.69 Å². The molecule has 2 amide bonds. The second-order valence-electron chi connectivity index (χ2n) is 7.02. The van der Waals surface area contributed by atoms with Gasteiger partial charge in [0.1, 0.15) is 0 Å². The number of benzene rings is 2. The Morgan fingerprint density at radius 3 is 2.32 bits per heavy atom. The molecule has 1 fully saturated rings. The van der Waals surface area contributed by atoms with Gasteiger partial charge in [-0.15, -0.1) is 0 Å². The lowest BCUT2D eigenvalue weighted by molar-refractivity contribution is -0.117. The van der Waals surface area contributed by atoms with Crippen molar-refractivity contribution in [2.24, 2.45) is 5.92 Å². The van der Waals surface area contributed by atoms with Crippen LogP contribution in [0, 0.1) is 5.92 Å². The maximum absolute atomic E-state index is 12.2. The number of carbonyl (C=O) groups excluding carboxylic acids is 2. The molecule has 2 N–H and O–H groups in total. The molecule has 0 atom stereocenters. The summed E-state index contributed by atoms with van der Waals surface area (Å²) in [5.74, 6) is 0.195. The van der Waals surface area contributed by atoms with Gasteiger partial charge in [-0.05, 0) is 61.2 Å². The third kappa shape index (κ3) is 4.65. The fraction of sp³-hybridized carbons (Fsp3) is 0.227. The topological polar surface area (TPSA) is 76.0 Å². The van der Waals surface area contributed by atoms with Crippen molar-refractivity contribution in [2.75, 3.05) is 10.6 Å². The van der Waals surface area contributed by atoms with Crippen LogP contribution in [-0.4, -0.2) is 21.6 Å². The molecular weight excluding hydrogens is 352 g/mol. The number of nitrogens with zero attached hydrogens (tertiary/aromatic N) is 2. The fourth-order valence-electron chi connectivity index (χ4n) is 2.92. The number of hydrogen-bond acceptors (Lipinski definition) is 3. The molecule has 1 saturated carbocycles. The van der Waals surface area contributed by atoms with Crippen LogP contribution in [0.4, 0.5) is 11.4 Å². The summed E-state index contributed by atoms with van der Waals surface area (Å²) in [5, 5.41) is 10.1. The Morgan fingerprint density at radius 2 is 1.64 bits per heavy atom. The zero-order valence-electron chi connectivity index (χ0n) is 15.5. The molecular formula is C22H22N4O2. The summed E-state index contributed by atoms with van der Waals surface area (Å²) in [6.45, 7) is 0. The molecule has 1 aliphatic rings. The molecule has 6 nitrogen and oxygen atoms in total. The number of anilines is 2. The predicted molar refractivity (Wildman–Crippen MR) is 108 cm³/mol. The van der Waals surface area contributed by atoms with E-state index in [1.54, 1.807) is 30.5 Å². The van der Waals surface area contributed by atoms with Crippen molar-refractivity contribution in [1.82, 2.24) is 9.78 Å². The number of para-hydroxylation sites is 1. The largest absolute Gasteiger partial charge is 0.326 e. The van der Waals surface area contributed by atoms with E-state index in [1.807, 2.05) is 41.2 Å². The highest BCUT2D eigenvalue weighted by molar-refractivity contribution is 5.95. The average Bonchev–Trinajstić information content (AvgIpc) is 3.47. The van der Waals surface area contributed by atoms with E-state index in [-0.39, 0.29) is 17.7 Å². The molecule has 4 rings (SSSR count). The molecule has 142 valence electrons.